The number of benzene rings is 3. The molecule has 2 aliphatic carbocycles. The summed E-state index contributed by atoms with van der Waals surface area (Å²) in [6.45, 7) is 0. The molecule has 2 heteroatoms. The van der Waals surface area contributed by atoms with Gasteiger partial charge in [-0.2, -0.15) is 0 Å². The van der Waals surface area contributed by atoms with E-state index >= 15 is 0 Å². The molecule has 0 radical (unpaired) electrons. The van der Waals surface area contributed by atoms with E-state index < -0.39 is 0 Å². The van der Waals surface area contributed by atoms with Gasteiger partial charge in [0.25, 0.3) is 0 Å². The van der Waals surface area contributed by atoms with Crippen molar-refractivity contribution in [1.29, 1.82) is 0 Å². The minimum absolute atomic E-state index is 0.332. The van der Waals surface area contributed by atoms with Gasteiger partial charge in [0.2, 0.25) is 0 Å². The quantitative estimate of drug-likeness (QED) is 0.447. The topological polar surface area (TPSA) is 26.3 Å². The van der Waals surface area contributed by atoms with Crippen molar-refractivity contribution in [3.63, 3.8) is 0 Å². The second-order valence-corrected chi connectivity index (χ2v) is 6.86. The standard InChI is InChI=1S/C25H18O2/c26-25(19-7-2-1-3-8-19)27-23-16-15-18-11-5-13-21(18)24(23)22-14-6-10-17-9-4-12-20(17)22/h1-8,10,12-16H,9,11H2. The van der Waals surface area contributed by atoms with Crippen LogP contribution in [0.3, 0.4) is 0 Å². The Balaban J connectivity index is 1.66. The fourth-order valence-corrected chi connectivity index (χ4v) is 3.92. The number of esters is 1. The van der Waals surface area contributed by atoms with Crippen molar-refractivity contribution in [3.05, 3.63) is 101 Å². The van der Waals surface area contributed by atoms with E-state index in [0.717, 1.165) is 29.5 Å². The summed E-state index contributed by atoms with van der Waals surface area (Å²) in [6.07, 6.45) is 10.5. The Bertz CT molecular complexity index is 1100. The maximum absolute atomic E-state index is 12.7. The molecule has 0 N–H and O–H groups in total. The molecule has 2 nitrogen and oxygen atoms in total. The largest absolute Gasteiger partial charge is 0.422 e. The SMILES string of the molecule is O=C(Oc1ccc2c(c1-c1cccc3c1C=CC3)C=CC2)c1ccccc1. The maximum Gasteiger partial charge on any atom is 0.343 e. The highest BCUT2D eigenvalue weighted by Crippen LogP contribution is 2.42. The second-order valence-electron chi connectivity index (χ2n) is 6.86. The molecule has 3 aromatic carbocycles. The fraction of sp³-hybridized carbons (Fsp3) is 0.0800. The monoisotopic (exact) mass is 350 g/mol. The van der Waals surface area contributed by atoms with Gasteiger partial charge in [0.15, 0.2) is 0 Å². The van der Waals surface area contributed by atoms with Gasteiger partial charge in [-0.05, 0) is 58.9 Å². The summed E-state index contributed by atoms with van der Waals surface area (Å²) in [5.41, 5.74) is 7.65. The predicted molar refractivity (Wildman–Crippen MR) is 109 cm³/mol. The van der Waals surface area contributed by atoms with Crippen LogP contribution < -0.4 is 4.74 Å². The van der Waals surface area contributed by atoms with Crippen molar-refractivity contribution in [2.24, 2.45) is 0 Å². The molecule has 0 fully saturated rings. The van der Waals surface area contributed by atoms with Crippen LogP contribution in [0.25, 0.3) is 23.3 Å². The fourth-order valence-electron chi connectivity index (χ4n) is 3.92. The van der Waals surface area contributed by atoms with Crippen LogP contribution in [0.4, 0.5) is 0 Å². The number of carbonyl (C=O) groups excluding carboxylic acids is 1. The molecule has 0 atom stereocenters. The number of fused-ring (bicyclic) bond motifs is 2. The first-order valence-corrected chi connectivity index (χ1v) is 9.20. The van der Waals surface area contributed by atoms with E-state index in [0.29, 0.717) is 11.3 Å². The van der Waals surface area contributed by atoms with Gasteiger partial charge in [-0.3, -0.25) is 0 Å². The van der Waals surface area contributed by atoms with Crippen LogP contribution in [0.5, 0.6) is 5.75 Å². The zero-order valence-electron chi connectivity index (χ0n) is 14.8. The molecule has 5 rings (SSSR count). The number of hydrogen-bond donors (Lipinski definition) is 0. The molecule has 2 aliphatic rings. The van der Waals surface area contributed by atoms with Crippen molar-refractivity contribution in [2.45, 2.75) is 12.8 Å². The lowest BCUT2D eigenvalue weighted by atomic mass is 9.91. The maximum atomic E-state index is 12.7. The predicted octanol–water partition coefficient (Wildman–Crippen LogP) is 5.71. The molecule has 0 amide bonds. The van der Waals surface area contributed by atoms with Gasteiger partial charge in [-0.15, -0.1) is 0 Å². The first-order chi connectivity index (χ1) is 13.3. The van der Waals surface area contributed by atoms with Gasteiger partial charge < -0.3 is 4.74 Å². The molecular formula is C25H18O2. The Morgan fingerprint density at radius 3 is 2.30 bits per heavy atom. The van der Waals surface area contributed by atoms with E-state index in [-0.39, 0.29) is 5.97 Å². The molecule has 0 bridgehead atoms. The summed E-state index contributed by atoms with van der Waals surface area (Å²) in [6, 6.07) is 19.5. The average molecular weight is 350 g/mol. The third-order valence-electron chi connectivity index (χ3n) is 5.22. The number of carbonyl (C=O) groups is 1. The summed E-state index contributed by atoms with van der Waals surface area (Å²) in [5, 5.41) is 0. The van der Waals surface area contributed by atoms with Crippen LogP contribution in [0.1, 0.15) is 32.6 Å². The highest BCUT2D eigenvalue weighted by molar-refractivity contribution is 5.95. The molecule has 0 spiro atoms. The van der Waals surface area contributed by atoms with Crippen LogP contribution in [0.15, 0.2) is 72.8 Å². The Kier molecular flexibility index (Phi) is 3.75. The highest BCUT2D eigenvalue weighted by atomic mass is 16.5. The van der Waals surface area contributed by atoms with E-state index in [9.17, 15) is 4.79 Å². The van der Waals surface area contributed by atoms with Crippen LogP contribution in [-0.2, 0) is 12.8 Å². The summed E-state index contributed by atoms with van der Waals surface area (Å²) >= 11 is 0. The molecule has 0 heterocycles. The minimum atomic E-state index is -0.332. The zero-order chi connectivity index (χ0) is 18.2. The van der Waals surface area contributed by atoms with Gasteiger partial charge >= 0.3 is 5.97 Å². The van der Waals surface area contributed by atoms with Gasteiger partial charge in [-0.1, -0.05) is 66.8 Å². The molecule has 0 saturated heterocycles. The lowest BCUT2D eigenvalue weighted by molar-refractivity contribution is 0.0735. The summed E-state index contributed by atoms with van der Waals surface area (Å²) in [5.74, 6) is 0.282. The number of ether oxygens (including phenoxy) is 1. The van der Waals surface area contributed by atoms with Gasteiger partial charge in [-0.25, -0.2) is 4.79 Å². The van der Waals surface area contributed by atoms with Crippen LogP contribution in [0, 0.1) is 0 Å². The van der Waals surface area contributed by atoms with Crippen molar-refractivity contribution in [3.8, 4) is 16.9 Å². The molecule has 0 aliphatic heterocycles. The van der Waals surface area contributed by atoms with E-state index in [1.54, 1.807) is 12.1 Å². The van der Waals surface area contributed by atoms with E-state index in [4.69, 9.17) is 4.74 Å². The van der Waals surface area contributed by atoms with Gasteiger partial charge in [0.05, 0.1) is 5.56 Å². The molecule has 0 saturated carbocycles. The Morgan fingerprint density at radius 1 is 0.741 bits per heavy atom. The van der Waals surface area contributed by atoms with Gasteiger partial charge in [0, 0.05) is 5.56 Å². The molecule has 0 aromatic heterocycles. The number of rotatable bonds is 3. The highest BCUT2D eigenvalue weighted by Gasteiger charge is 2.22. The lowest BCUT2D eigenvalue weighted by Crippen LogP contribution is -2.09. The Hall–Kier alpha value is -3.39. The van der Waals surface area contributed by atoms with Crippen molar-refractivity contribution in [1.82, 2.24) is 0 Å². The van der Waals surface area contributed by atoms with Crippen LogP contribution in [-0.4, -0.2) is 5.97 Å². The lowest BCUT2D eigenvalue weighted by Gasteiger charge is -2.17. The third-order valence-corrected chi connectivity index (χ3v) is 5.22. The summed E-state index contributed by atoms with van der Waals surface area (Å²) < 4.78 is 5.87. The molecule has 0 unspecified atom stereocenters. The average Bonchev–Trinajstić information content (AvgIpc) is 3.37. The van der Waals surface area contributed by atoms with Gasteiger partial charge in [0.1, 0.15) is 5.75 Å². The molecule has 27 heavy (non-hydrogen) atoms. The first-order valence-electron chi connectivity index (χ1n) is 9.20. The first kappa shape index (κ1) is 15.8. The van der Waals surface area contributed by atoms with Crippen LogP contribution >= 0.6 is 0 Å². The smallest absolute Gasteiger partial charge is 0.343 e. The van der Waals surface area contributed by atoms with Crippen molar-refractivity contribution >= 4 is 18.1 Å². The zero-order valence-corrected chi connectivity index (χ0v) is 14.8. The summed E-state index contributed by atoms with van der Waals surface area (Å²) in [4.78, 5) is 12.7. The number of hydrogen-bond acceptors (Lipinski definition) is 2. The Labute approximate surface area is 158 Å². The second kappa shape index (κ2) is 6.40. The van der Waals surface area contributed by atoms with E-state index in [2.05, 4.69) is 48.6 Å². The molecular weight excluding hydrogens is 332 g/mol. The van der Waals surface area contributed by atoms with Crippen LogP contribution in [0.2, 0.25) is 0 Å². The van der Waals surface area contributed by atoms with Crippen molar-refractivity contribution < 1.29 is 9.53 Å². The third kappa shape index (κ3) is 2.70. The molecule has 3 aromatic rings. The summed E-state index contributed by atoms with van der Waals surface area (Å²) in [7, 11) is 0. The number of allylic oxidation sites excluding steroid dienone is 2. The minimum Gasteiger partial charge on any atom is -0.422 e. The Morgan fingerprint density at radius 2 is 1.48 bits per heavy atom. The normalized spacial score (nSPS) is 13.5. The van der Waals surface area contributed by atoms with E-state index in [1.807, 2.05) is 24.3 Å². The van der Waals surface area contributed by atoms with Crippen molar-refractivity contribution in [2.75, 3.05) is 0 Å². The van der Waals surface area contributed by atoms with E-state index in [1.165, 1.54) is 16.7 Å². The molecule has 130 valence electrons.